The third kappa shape index (κ3) is 12.2. The van der Waals surface area contributed by atoms with Gasteiger partial charge in [0, 0.05) is 20.2 Å². The van der Waals surface area contributed by atoms with E-state index in [0.717, 1.165) is 19.5 Å². The van der Waals surface area contributed by atoms with Crippen LogP contribution in [-0.4, -0.2) is 69.7 Å². The van der Waals surface area contributed by atoms with Gasteiger partial charge in [-0.3, -0.25) is 4.90 Å². The Morgan fingerprint density at radius 1 is 1.06 bits per heavy atom. The molecule has 0 aliphatic carbocycles. The molecule has 0 unspecified atom stereocenters. The Kier molecular flexibility index (Phi) is 13.0. The van der Waals surface area contributed by atoms with Gasteiger partial charge in [0.15, 0.2) is 0 Å². The van der Waals surface area contributed by atoms with Crippen LogP contribution in [0.1, 0.15) is 13.3 Å². The zero-order chi connectivity index (χ0) is 13.6. The third-order valence-electron chi connectivity index (χ3n) is 2.27. The molecule has 2 N–H and O–H groups in total. The molecule has 108 valence electrons. The van der Waals surface area contributed by atoms with Gasteiger partial charge in [0.1, 0.15) is 0 Å². The number of ether oxygens (including phenoxy) is 3. The molecular formula is C12H26N2O3S. The minimum absolute atomic E-state index is 0.534. The van der Waals surface area contributed by atoms with E-state index < -0.39 is 0 Å². The standard InChI is InChI=1S/C12H26N2O3S/c1-3-4-14(11-12(13)18)5-6-16-9-10-17-8-7-15-2/h3-11H2,1-2H3,(H2,13,18). The Morgan fingerprint density at radius 2 is 1.67 bits per heavy atom. The third-order valence-corrected chi connectivity index (χ3v) is 2.40. The first-order chi connectivity index (χ1) is 8.70. The van der Waals surface area contributed by atoms with Crippen molar-refractivity contribution in [2.45, 2.75) is 13.3 Å². The van der Waals surface area contributed by atoms with Crippen LogP contribution in [0.15, 0.2) is 0 Å². The average Bonchev–Trinajstić information content (AvgIpc) is 2.32. The Balaban J connectivity index is 3.40. The van der Waals surface area contributed by atoms with E-state index in [-0.39, 0.29) is 0 Å². The molecular weight excluding hydrogens is 252 g/mol. The Hall–Kier alpha value is -0.270. The van der Waals surface area contributed by atoms with Crippen LogP contribution < -0.4 is 5.73 Å². The Bertz CT molecular complexity index is 206. The first-order valence-electron chi connectivity index (χ1n) is 6.35. The summed E-state index contributed by atoms with van der Waals surface area (Å²) in [6, 6.07) is 0. The zero-order valence-electron chi connectivity index (χ0n) is 11.5. The molecule has 0 spiro atoms. The van der Waals surface area contributed by atoms with Gasteiger partial charge in [-0.05, 0) is 13.0 Å². The van der Waals surface area contributed by atoms with Crippen molar-refractivity contribution in [2.24, 2.45) is 5.73 Å². The minimum Gasteiger partial charge on any atom is -0.392 e. The number of thiocarbonyl (C=S) groups is 1. The lowest BCUT2D eigenvalue weighted by Crippen LogP contribution is -2.35. The van der Waals surface area contributed by atoms with Gasteiger partial charge in [0.25, 0.3) is 0 Å². The van der Waals surface area contributed by atoms with E-state index >= 15 is 0 Å². The van der Waals surface area contributed by atoms with Gasteiger partial charge < -0.3 is 19.9 Å². The number of methoxy groups -OCH3 is 1. The molecule has 0 aromatic rings. The summed E-state index contributed by atoms with van der Waals surface area (Å²) in [5.41, 5.74) is 5.54. The first kappa shape index (κ1) is 17.7. The number of rotatable bonds is 13. The highest BCUT2D eigenvalue weighted by Crippen LogP contribution is 1.92. The summed E-state index contributed by atoms with van der Waals surface area (Å²) in [4.78, 5) is 2.74. The lowest BCUT2D eigenvalue weighted by molar-refractivity contribution is 0.0203. The molecule has 0 aliphatic heterocycles. The maximum absolute atomic E-state index is 5.54. The number of hydrogen-bond acceptors (Lipinski definition) is 5. The second-order valence-corrected chi connectivity index (χ2v) is 4.48. The molecule has 0 atom stereocenters. The lowest BCUT2D eigenvalue weighted by atomic mass is 10.4. The summed E-state index contributed by atoms with van der Waals surface area (Å²) < 4.78 is 15.6. The lowest BCUT2D eigenvalue weighted by Gasteiger charge is -2.20. The van der Waals surface area contributed by atoms with Crippen molar-refractivity contribution < 1.29 is 14.2 Å². The molecule has 0 aliphatic rings. The predicted octanol–water partition coefficient (Wildman–Crippen LogP) is 0.664. The van der Waals surface area contributed by atoms with Crippen molar-refractivity contribution in [3.63, 3.8) is 0 Å². The first-order valence-corrected chi connectivity index (χ1v) is 6.76. The molecule has 0 radical (unpaired) electrons. The number of nitrogens with two attached hydrogens (primary N) is 1. The normalized spacial score (nSPS) is 11.1. The summed E-state index contributed by atoms with van der Waals surface area (Å²) in [6.45, 7) is 7.77. The fourth-order valence-electron chi connectivity index (χ4n) is 1.46. The topological polar surface area (TPSA) is 57.0 Å². The van der Waals surface area contributed by atoms with Crippen LogP contribution >= 0.6 is 12.2 Å². The van der Waals surface area contributed by atoms with Crippen molar-refractivity contribution in [1.29, 1.82) is 0 Å². The second-order valence-electron chi connectivity index (χ2n) is 3.96. The van der Waals surface area contributed by atoms with Gasteiger partial charge in [-0.2, -0.15) is 0 Å². The van der Waals surface area contributed by atoms with Crippen LogP contribution in [0, 0.1) is 0 Å². The van der Waals surface area contributed by atoms with Crippen LogP contribution in [0.2, 0.25) is 0 Å². The van der Waals surface area contributed by atoms with E-state index in [4.69, 9.17) is 32.2 Å². The van der Waals surface area contributed by atoms with E-state index in [9.17, 15) is 0 Å². The van der Waals surface area contributed by atoms with Crippen LogP contribution in [0.3, 0.4) is 0 Å². The Labute approximate surface area is 116 Å². The molecule has 0 amide bonds. The summed E-state index contributed by atoms with van der Waals surface area (Å²) in [5, 5.41) is 0. The zero-order valence-corrected chi connectivity index (χ0v) is 12.3. The van der Waals surface area contributed by atoms with Gasteiger partial charge in [0.2, 0.25) is 0 Å². The summed E-state index contributed by atoms with van der Waals surface area (Å²) in [7, 11) is 1.66. The molecule has 0 saturated heterocycles. The molecule has 18 heavy (non-hydrogen) atoms. The second kappa shape index (κ2) is 13.2. The van der Waals surface area contributed by atoms with Crippen molar-refractivity contribution >= 4 is 17.2 Å². The van der Waals surface area contributed by atoms with Gasteiger partial charge in [0.05, 0.1) is 38.0 Å². The fraction of sp³-hybridized carbons (Fsp3) is 0.917. The highest BCUT2D eigenvalue weighted by molar-refractivity contribution is 7.80. The maximum atomic E-state index is 5.54. The summed E-state index contributed by atoms with van der Waals surface area (Å²) in [5.74, 6) is 0. The van der Waals surface area contributed by atoms with Crippen LogP contribution in [0.4, 0.5) is 0 Å². The molecule has 0 aromatic carbocycles. The molecule has 0 bridgehead atoms. The van der Waals surface area contributed by atoms with Gasteiger partial charge in [-0.1, -0.05) is 19.1 Å². The van der Waals surface area contributed by atoms with E-state index in [1.165, 1.54) is 0 Å². The molecule has 5 nitrogen and oxygen atoms in total. The van der Waals surface area contributed by atoms with Crippen molar-refractivity contribution in [1.82, 2.24) is 4.90 Å². The highest BCUT2D eigenvalue weighted by atomic mass is 32.1. The van der Waals surface area contributed by atoms with Crippen molar-refractivity contribution in [3.8, 4) is 0 Å². The summed E-state index contributed by atoms with van der Waals surface area (Å²) >= 11 is 4.91. The highest BCUT2D eigenvalue weighted by Gasteiger charge is 2.04. The predicted molar refractivity (Wildman–Crippen MR) is 77.0 cm³/mol. The van der Waals surface area contributed by atoms with E-state index in [1.807, 2.05) is 0 Å². The molecule has 0 saturated carbocycles. The van der Waals surface area contributed by atoms with Gasteiger partial charge in [-0.25, -0.2) is 0 Å². The molecule has 0 heterocycles. The van der Waals surface area contributed by atoms with Crippen molar-refractivity contribution in [2.75, 3.05) is 59.8 Å². The molecule has 0 rings (SSSR count). The monoisotopic (exact) mass is 278 g/mol. The molecule has 0 fully saturated rings. The van der Waals surface area contributed by atoms with Crippen molar-refractivity contribution in [3.05, 3.63) is 0 Å². The fourth-order valence-corrected chi connectivity index (χ4v) is 1.65. The van der Waals surface area contributed by atoms with Crippen LogP contribution in [-0.2, 0) is 14.2 Å². The minimum atomic E-state index is 0.534. The van der Waals surface area contributed by atoms with Gasteiger partial charge >= 0.3 is 0 Å². The van der Waals surface area contributed by atoms with E-state index in [0.29, 0.717) is 44.6 Å². The van der Waals surface area contributed by atoms with E-state index in [2.05, 4.69) is 11.8 Å². The van der Waals surface area contributed by atoms with Crippen LogP contribution in [0.25, 0.3) is 0 Å². The SMILES string of the molecule is CCCN(CCOCCOCCOC)CC(N)=S. The van der Waals surface area contributed by atoms with E-state index in [1.54, 1.807) is 7.11 Å². The molecule has 0 aromatic heterocycles. The number of nitrogens with zero attached hydrogens (tertiary/aromatic N) is 1. The largest absolute Gasteiger partial charge is 0.392 e. The quantitative estimate of drug-likeness (QED) is 0.395. The number of hydrogen-bond donors (Lipinski definition) is 1. The summed E-state index contributed by atoms with van der Waals surface area (Å²) in [6.07, 6.45) is 1.09. The smallest absolute Gasteiger partial charge is 0.0870 e. The van der Waals surface area contributed by atoms with Crippen LogP contribution in [0.5, 0.6) is 0 Å². The Morgan fingerprint density at radius 3 is 2.22 bits per heavy atom. The molecule has 6 heteroatoms. The average molecular weight is 278 g/mol. The van der Waals surface area contributed by atoms with Gasteiger partial charge in [-0.15, -0.1) is 0 Å². The maximum Gasteiger partial charge on any atom is 0.0870 e.